The third kappa shape index (κ3) is 4.66. The third-order valence-electron chi connectivity index (χ3n) is 8.52. The molecule has 2 aromatic rings. The minimum atomic E-state index is -1.18. The molecule has 3 saturated heterocycles. The summed E-state index contributed by atoms with van der Waals surface area (Å²) in [6, 6.07) is 6.92. The second-order valence-corrected chi connectivity index (χ2v) is 10.8. The first-order valence-corrected chi connectivity index (χ1v) is 14.0. The van der Waals surface area contributed by atoms with Crippen LogP contribution in [-0.4, -0.2) is 104 Å². The average Bonchev–Trinajstić information content (AvgIpc) is 3.69. The number of hydrogen-bond donors (Lipinski definition) is 0. The predicted octanol–water partition coefficient (Wildman–Crippen LogP) is 2.48. The highest BCUT2D eigenvalue weighted by Crippen LogP contribution is 2.56. The summed E-state index contributed by atoms with van der Waals surface area (Å²) >= 11 is 0. The SMILES string of the molecule is Fc1ccccc1N1CCN(c2nc(N3CCOCC3)nc(N3CCN(C4=CC=CC5CC45F)CC3)n2)CC1. The van der Waals surface area contributed by atoms with Crippen LogP contribution in [-0.2, 0) is 4.74 Å². The lowest BCUT2D eigenvalue weighted by Crippen LogP contribution is -2.49. The molecule has 9 nitrogen and oxygen atoms in total. The van der Waals surface area contributed by atoms with E-state index in [-0.39, 0.29) is 11.7 Å². The van der Waals surface area contributed by atoms with E-state index in [1.165, 1.54) is 6.07 Å². The number of allylic oxidation sites excluding steroid dienone is 4. The maximum Gasteiger partial charge on any atom is 0.232 e. The van der Waals surface area contributed by atoms with Crippen LogP contribution in [0.1, 0.15) is 6.42 Å². The van der Waals surface area contributed by atoms with Crippen LogP contribution in [0.3, 0.4) is 0 Å². The average molecular weight is 537 g/mol. The Hall–Kier alpha value is -3.47. The Kier molecular flexibility index (Phi) is 6.25. The summed E-state index contributed by atoms with van der Waals surface area (Å²) in [4.78, 5) is 25.5. The van der Waals surface area contributed by atoms with Crippen molar-refractivity contribution >= 4 is 23.5 Å². The minimum absolute atomic E-state index is 0.0385. The minimum Gasteiger partial charge on any atom is -0.378 e. The van der Waals surface area contributed by atoms with E-state index in [1.54, 1.807) is 6.07 Å². The highest BCUT2D eigenvalue weighted by molar-refractivity contribution is 5.52. The van der Waals surface area contributed by atoms with Gasteiger partial charge in [0.05, 0.1) is 24.6 Å². The summed E-state index contributed by atoms with van der Waals surface area (Å²) in [5.41, 5.74) is 0.287. The summed E-state index contributed by atoms with van der Waals surface area (Å²) < 4.78 is 35.2. The Bertz CT molecular complexity index is 1270. The molecule has 4 heterocycles. The number of benzene rings is 1. The Labute approximate surface area is 227 Å². The van der Waals surface area contributed by atoms with Gasteiger partial charge in [-0.25, -0.2) is 8.78 Å². The van der Waals surface area contributed by atoms with Gasteiger partial charge in [-0.2, -0.15) is 15.0 Å². The molecule has 1 aromatic heterocycles. The lowest BCUT2D eigenvalue weighted by Gasteiger charge is -2.40. The van der Waals surface area contributed by atoms with Crippen molar-refractivity contribution < 1.29 is 13.5 Å². The molecule has 7 rings (SSSR count). The molecule has 0 spiro atoms. The molecular weight excluding hydrogens is 502 g/mol. The van der Waals surface area contributed by atoms with Crippen molar-refractivity contribution in [2.45, 2.75) is 12.1 Å². The largest absolute Gasteiger partial charge is 0.378 e. The highest BCUT2D eigenvalue weighted by Gasteiger charge is 2.59. The Morgan fingerprint density at radius 3 is 1.87 bits per heavy atom. The number of hydrogen-bond acceptors (Lipinski definition) is 9. The van der Waals surface area contributed by atoms with Gasteiger partial charge < -0.3 is 29.2 Å². The van der Waals surface area contributed by atoms with Gasteiger partial charge in [-0.1, -0.05) is 24.3 Å². The summed E-state index contributed by atoms with van der Waals surface area (Å²) in [6.07, 6.45) is 6.52. The van der Waals surface area contributed by atoms with E-state index in [1.807, 2.05) is 30.4 Å². The summed E-state index contributed by atoms with van der Waals surface area (Å²) in [5, 5.41) is 0. The third-order valence-corrected chi connectivity index (χ3v) is 8.52. The number of halogens is 2. The normalized spacial score (nSPS) is 27.0. The summed E-state index contributed by atoms with van der Waals surface area (Å²) in [6.45, 7) is 8.40. The maximum atomic E-state index is 15.2. The van der Waals surface area contributed by atoms with E-state index in [4.69, 9.17) is 19.7 Å². The number of nitrogens with zero attached hydrogens (tertiary/aromatic N) is 8. The number of ether oxygens (including phenoxy) is 1. The molecule has 4 fully saturated rings. The van der Waals surface area contributed by atoms with Gasteiger partial charge in [-0.3, -0.25) is 0 Å². The zero-order chi connectivity index (χ0) is 26.4. The number of piperazine rings is 2. The lowest BCUT2D eigenvalue weighted by atomic mass is 10.1. The van der Waals surface area contributed by atoms with Crippen molar-refractivity contribution in [3.05, 3.63) is 54.0 Å². The van der Waals surface area contributed by atoms with Crippen molar-refractivity contribution in [1.29, 1.82) is 0 Å². The summed E-state index contributed by atoms with van der Waals surface area (Å²) in [7, 11) is 0. The monoisotopic (exact) mass is 536 g/mol. The first-order chi connectivity index (χ1) is 19.1. The predicted molar refractivity (Wildman–Crippen MR) is 147 cm³/mol. The molecule has 1 saturated carbocycles. The molecule has 39 heavy (non-hydrogen) atoms. The molecule has 2 unspecified atom stereocenters. The van der Waals surface area contributed by atoms with E-state index >= 15 is 4.39 Å². The van der Waals surface area contributed by atoms with Crippen molar-refractivity contribution in [2.75, 3.05) is 98.3 Å². The van der Waals surface area contributed by atoms with E-state index in [9.17, 15) is 4.39 Å². The van der Waals surface area contributed by atoms with Crippen LogP contribution in [0.5, 0.6) is 0 Å². The van der Waals surface area contributed by atoms with Gasteiger partial charge in [-0.15, -0.1) is 0 Å². The molecule has 11 heteroatoms. The standard InChI is InChI=1S/C28H34F2N8O/c29-22-5-1-2-6-23(22)34-8-12-36(13-9-34)25-31-26(33-27(32-25)38-16-18-39-19-17-38)37-14-10-35(11-15-37)24-7-3-4-21-20-28(21,24)30/h1-7,21H,8-20H2. The van der Waals surface area contributed by atoms with E-state index < -0.39 is 5.67 Å². The maximum absolute atomic E-state index is 15.2. The quantitative estimate of drug-likeness (QED) is 0.574. The van der Waals surface area contributed by atoms with Gasteiger partial charge in [0, 0.05) is 71.4 Å². The topological polar surface area (TPSA) is 64.1 Å². The zero-order valence-corrected chi connectivity index (χ0v) is 22.1. The van der Waals surface area contributed by atoms with Crippen LogP contribution >= 0.6 is 0 Å². The second-order valence-electron chi connectivity index (χ2n) is 10.8. The van der Waals surface area contributed by atoms with Crippen molar-refractivity contribution in [2.24, 2.45) is 5.92 Å². The van der Waals surface area contributed by atoms with E-state index in [2.05, 4.69) is 24.5 Å². The molecule has 2 atom stereocenters. The van der Waals surface area contributed by atoms with Crippen LogP contribution in [0.25, 0.3) is 0 Å². The van der Waals surface area contributed by atoms with E-state index in [0.717, 1.165) is 45.0 Å². The fourth-order valence-corrected chi connectivity index (χ4v) is 6.10. The first kappa shape index (κ1) is 24.6. The number of alkyl halides is 1. The Balaban J connectivity index is 1.09. The molecule has 0 radical (unpaired) electrons. The molecular formula is C28H34F2N8O. The lowest BCUT2D eigenvalue weighted by molar-refractivity contribution is 0.122. The number of aromatic nitrogens is 3. The Morgan fingerprint density at radius 1 is 0.718 bits per heavy atom. The van der Waals surface area contributed by atoms with Crippen LogP contribution < -0.4 is 19.6 Å². The second kappa shape index (κ2) is 9.93. The number of fused-ring (bicyclic) bond motifs is 1. The number of para-hydroxylation sites is 1. The molecule has 3 aliphatic heterocycles. The molecule has 0 amide bonds. The number of anilines is 4. The fourth-order valence-electron chi connectivity index (χ4n) is 6.10. The Morgan fingerprint density at radius 2 is 1.26 bits per heavy atom. The van der Waals surface area contributed by atoms with Gasteiger partial charge in [0.1, 0.15) is 5.82 Å². The van der Waals surface area contributed by atoms with E-state index in [0.29, 0.717) is 69.3 Å². The highest BCUT2D eigenvalue weighted by atomic mass is 19.1. The summed E-state index contributed by atoms with van der Waals surface area (Å²) in [5.74, 6) is 1.82. The van der Waals surface area contributed by atoms with Crippen LogP contribution in [0.2, 0.25) is 0 Å². The van der Waals surface area contributed by atoms with Crippen LogP contribution in [0.15, 0.2) is 48.2 Å². The molecule has 5 aliphatic rings. The molecule has 0 bridgehead atoms. The van der Waals surface area contributed by atoms with Gasteiger partial charge in [0.15, 0.2) is 5.67 Å². The first-order valence-electron chi connectivity index (χ1n) is 14.0. The van der Waals surface area contributed by atoms with Crippen LogP contribution in [0, 0.1) is 11.7 Å². The van der Waals surface area contributed by atoms with Gasteiger partial charge in [0.2, 0.25) is 17.8 Å². The van der Waals surface area contributed by atoms with Gasteiger partial charge >= 0.3 is 0 Å². The smallest absolute Gasteiger partial charge is 0.232 e. The molecule has 0 N–H and O–H groups in total. The van der Waals surface area contributed by atoms with Crippen molar-refractivity contribution in [3.63, 3.8) is 0 Å². The van der Waals surface area contributed by atoms with Crippen LogP contribution in [0.4, 0.5) is 32.3 Å². The number of morpholine rings is 1. The fraction of sp³-hybridized carbons (Fsp3) is 0.536. The zero-order valence-electron chi connectivity index (χ0n) is 22.1. The van der Waals surface area contributed by atoms with Crippen molar-refractivity contribution in [3.8, 4) is 0 Å². The number of rotatable bonds is 5. The molecule has 1 aromatic carbocycles. The van der Waals surface area contributed by atoms with Gasteiger partial charge in [0.25, 0.3) is 0 Å². The molecule has 2 aliphatic carbocycles. The van der Waals surface area contributed by atoms with Gasteiger partial charge in [-0.05, 0) is 24.6 Å². The molecule has 206 valence electrons. The van der Waals surface area contributed by atoms with Crippen molar-refractivity contribution in [1.82, 2.24) is 19.9 Å².